The first-order chi connectivity index (χ1) is 14.6. The molecule has 0 saturated heterocycles. The highest BCUT2D eigenvalue weighted by atomic mass is 127. The number of rotatable bonds is 8. The lowest BCUT2D eigenvalue weighted by Crippen LogP contribution is -2.34. The SMILES string of the molecule is O=C(O)CNC(=O)c1c(I)c(I)c(C(=O)NCC(C(=O)O)c2ccccc2)c(I)c1I. The summed E-state index contributed by atoms with van der Waals surface area (Å²) in [4.78, 5) is 47.8. The highest BCUT2D eigenvalue weighted by molar-refractivity contribution is 14.1. The molecule has 31 heavy (non-hydrogen) atoms. The minimum atomic E-state index is -1.16. The van der Waals surface area contributed by atoms with Gasteiger partial charge >= 0.3 is 11.9 Å². The number of carboxylic acids is 2. The average molecular weight is 874 g/mol. The van der Waals surface area contributed by atoms with Gasteiger partial charge in [0.05, 0.1) is 17.0 Å². The van der Waals surface area contributed by atoms with E-state index in [-0.39, 0.29) is 6.54 Å². The Morgan fingerprint density at radius 1 is 0.774 bits per heavy atom. The molecule has 0 bridgehead atoms. The second-order valence-electron chi connectivity index (χ2n) is 6.09. The number of carbonyl (C=O) groups is 4. The van der Waals surface area contributed by atoms with E-state index in [0.29, 0.717) is 31.0 Å². The summed E-state index contributed by atoms with van der Waals surface area (Å²) in [5, 5.41) is 23.4. The van der Waals surface area contributed by atoms with E-state index in [9.17, 15) is 24.3 Å². The Hall–Kier alpha value is -0.760. The molecule has 8 nitrogen and oxygen atoms in total. The Bertz CT molecular complexity index is 1020. The maximum atomic E-state index is 12.9. The Labute approximate surface area is 231 Å². The number of hydrogen-bond acceptors (Lipinski definition) is 4. The Kier molecular flexibility index (Phi) is 10.2. The fourth-order valence-electron chi connectivity index (χ4n) is 2.59. The van der Waals surface area contributed by atoms with E-state index in [1.54, 1.807) is 30.3 Å². The molecule has 0 aliphatic heterocycles. The van der Waals surface area contributed by atoms with Crippen LogP contribution in [0.15, 0.2) is 30.3 Å². The first-order valence-electron chi connectivity index (χ1n) is 8.48. The lowest BCUT2D eigenvalue weighted by atomic mass is 9.99. The summed E-state index contributed by atoms with van der Waals surface area (Å²) in [6.07, 6.45) is 0. The second-order valence-corrected chi connectivity index (χ2v) is 10.4. The van der Waals surface area contributed by atoms with Crippen molar-refractivity contribution >= 4 is 114 Å². The average Bonchev–Trinajstić information content (AvgIpc) is 2.71. The molecule has 0 heterocycles. The number of hydrogen-bond donors (Lipinski definition) is 4. The Morgan fingerprint density at radius 2 is 1.23 bits per heavy atom. The van der Waals surface area contributed by atoms with Crippen molar-refractivity contribution in [2.75, 3.05) is 13.1 Å². The molecule has 0 aliphatic carbocycles. The summed E-state index contributed by atoms with van der Waals surface area (Å²) in [5.41, 5.74) is 1.21. The zero-order valence-corrected chi connectivity index (χ0v) is 24.0. The quantitative estimate of drug-likeness (QED) is 0.238. The van der Waals surface area contributed by atoms with Crippen LogP contribution < -0.4 is 10.6 Å². The number of benzene rings is 2. The van der Waals surface area contributed by atoms with E-state index in [1.165, 1.54) is 0 Å². The molecule has 0 fully saturated rings. The van der Waals surface area contributed by atoms with Crippen molar-refractivity contribution in [2.24, 2.45) is 0 Å². The van der Waals surface area contributed by atoms with Crippen molar-refractivity contribution in [2.45, 2.75) is 5.92 Å². The highest BCUT2D eigenvalue weighted by Gasteiger charge is 2.28. The standard InChI is InChI=1S/C19H14I4N2O6/c20-13-11(14(21)16(23)12(15(13)22)18(29)25-7-10(26)27)17(28)24-6-9(19(30)31)8-4-2-1-3-5-8/h1-5,9H,6-7H2,(H,24,28)(H,25,29)(H,26,27)(H,30,31). The minimum Gasteiger partial charge on any atom is -0.481 e. The van der Waals surface area contributed by atoms with Gasteiger partial charge in [-0.1, -0.05) is 30.3 Å². The van der Waals surface area contributed by atoms with Gasteiger partial charge in [0.2, 0.25) is 0 Å². The maximum Gasteiger partial charge on any atom is 0.322 e. The maximum absolute atomic E-state index is 12.9. The van der Waals surface area contributed by atoms with Crippen molar-refractivity contribution in [3.8, 4) is 0 Å². The van der Waals surface area contributed by atoms with Crippen LogP contribution in [-0.4, -0.2) is 47.1 Å². The second kappa shape index (κ2) is 11.9. The minimum absolute atomic E-state index is 0.0989. The highest BCUT2D eigenvalue weighted by Crippen LogP contribution is 2.33. The predicted molar refractivity (Wildman–Crippen MR) is 146 cm³/mol. The van der Waals surface area contributed by atoms with Crippen LogP contribution in [0.2, 0.25) is 0 Å². The van der Waals surface area contributed by atoms with Crippen LogP contribution in [0.1, 0.15) is 32.2 Å². The molecule has 2 rings (SSSR count). The molecular formula is C19H14I4N2O6. The molecule has 0 saturated carbocycles. The van der Waals surface area contributed by atoms with Gasteiger partial charge in [-0.15, -0.1) is 0 Å². The zero-order valence-electron chi connectivity index (χ0n) is 15.4. The molecule has 164 valence electrons. The normalized spacial score (nSPS) is 11.5. The van der Waals surface area contributed by atoms with Crippen LogP contribution in [0, 0.1) is 14.3 Å². The molecule has 0 spiro atoms. The fraction of sp³-hybridized carbons (Fsp3) is 0.158. The topological polar surface area (TPSA) is 133 Å². The Morgan fingerprint density at radius 3 is 1.65 bits per heavy atom. The number of amides is 2. The number of halogens is 4. The van der Waals surface area contributed by atoms with Gasteiger partial charge in [-0.25, -0.2) is 0 Å². The van der Waals surface area contributed by atoms with E-state index in [2.05, 4.69) is 10.6 Å². The molecule has 2 aromatic carbocycles. The summed E-state index contributed by atoms with van der Waals surface area (Å²) in [6, 6.07) is 8.63. The Balaban J connectivity index is 2.31. The number of nitrogens with one attached hydrogen (secondary N) is 2. The van der Waals surface area contributed by atoms with Gasteiger partial charge in [0.25, 0.3) is 11.8 Å². The van der Waals surface area contributed by atoms with E-state index in [0.717, 1.165) is 0 Å². The smallest absolute Gasteiger partial charge is 0.322 e. The van der Waals surface area contributed by atoms with Crippen LogP contribution in [0.4, 0.5) is 0 Å². The van der Waals surface area contributed by atoms with E-state index in [1.807, 2.05) is 90.4 Å². The van der Waals surface area contributed by atoms with Crippen LogP contribution in [0.3, 0.4) is 0 Å². The van der Waals surface area contributed by atoms with Crippen molar-refractivity contribution in [3.63, 3.8) is 0 Å². The van der Waals surface area contributed by atoms with Gasteiger partial charge in [-0.3, -0.25) is 19.2 Å². The monoisotopic (exact) mass is 874 g/mol. The number of aliphatic carboxylic acids is 2. The first kappa shape index (κ1) is 26.5. The van der Waals surface area contributed by atoms with Gasteiger partial charge in [-0.2, -0.15) is 0 Å². The zero-order chi connectivity index (χ0) is 23.3. The van der Waals surface area contributed by atoms with E-state index < -0.39 is 36.2 Å². The molecule has 12 heteroatoms. The number of carbonyl (C=O) groups excluding carboxylic acids is 2. The molecule has 4 N–H and O–H groups in total. The molecule has 0 aromatic heterocycles. The molecular weight excluding hydrogens is 860 g/mol. The van der Waals surface area contributed by atoms with Crippen LogP contribution in [0.5, 0.6) is 0 Å². The molecule has 2 amide bonds. The molecule has 1 unspecified atom stereocenters. The van der Waals surface area contributed by atoms with Crippen LogP contribution in [-0.2, 0) is 9.59 Å². The predicted octanol–water partition coefficient (Wildman–Crippen LogP) is 3.52. The number of carboxylic acid groups (broad SMARTS) is 2. The summed E-state index contributed by atoms with van der Waals surface area (Å²) in [6.45, 7) is -0.616. The fourth-order valence-corrected chi connectivity index (χ4v) is 6.76. The summed E-state index contributed by atoms with van der Waals surface area (Å²) < 4.78 is 2.06. The molecule has 2 aromatic rings. The van der Waals surface area contributed by atoms with Gasteiger partial charge < -0.3 is 20.8 Å². The third kappa shape index (κ3) is 6.62. The summed E-state index contributed by atoms with van der Waals surface area (Å²) in [5.74, 6) is -4.12. The third-order valence-corrected chi connectivity index (χ3v) is 10.5. The van der Waals surface area contributed by atoms with Gasteiger partial charge in [-0.05, 0) is 95.9 Å². The largest absolute Gasteiger partial charge is 0.481 e. The van der Waals surface area contributed by atoms with Crippen molar-refractivity contribution in [1.29, 1.82) is 0 Å². The lowest BCUT2D eigenvalue weighted by Gasteiger charge is -2.18. The van der Waals surface area contributed by atoms with Crippen LogP contribution >= 0.6 is 90.4 Å². The summed E-state index contributed by atoms with van der Waals surface area (Å²) in [7, 11) is 0. The van der Waals surface area contributed by atoms with Gasteiger partial charge in [0.15, 0.2) is 0 Å². The first-order valence-corrected chi connectivity index (χ1v) is 12.8. The molecule has 1 atom stereocenters. The molecule has 0 aliphatic rings. The van der Waals surface area contributed by atoms with E-state index >= 15 is 0 Å². The van der Waals surface area contributed by atoms with Gasteiger partial charge in [0.1, 0.15) is 6.54 Å². The van der Waals surface area contributed by atoms with Crippen molar-refractivity contribution in [3.05, 3.63) is 61.3 Å². The van der Waals surface area contributed by atoms with Crippen molar-refractivity contribution in [1.82, 2.24) is 10.6 Å². The summed E-state index contributed by atoms with van der Waals surface area (Å²) >= 11 is 7.80. The van der Waals surface area contributed by atoms with Crippen molar-refractivity contribution < 1.29 is 29.4 Å². The van der Waals surface area contributed by atoms with E-state index in [4.69, 9.17) is 5.11 Å². The van der Waals surface area contributed by atoms with Gasteiger partial charge in [0, 0.05) is 20.8 Å². The molecule has 0 radical (unpaired) electrons. The van der Waals surface area contributed by atoms with Crippen LogP contribution in [0.25, 0.3) is 0 Å². The third-order valence-electron chi connectivity index (χ3n) is 4.08. The lowest BCUT2D eigenvalue weighted by molar-refractivity contribution is -0.138.